The molecule has 1 saturated carbocycles. The van der Waals surface area contributed by atoms with E-state index in [2.05, 4.69) is 5.32 Å². The number of nitrogens with two attached hydrogens (primary N) is 1. The lowest BCUT2D eigenvalue weighted by Gasteiger charge is -2.20. The first-order valence-corrected chi connectivity index (χ1v) is 6.90. The van der Waals surface area contributed by atoms with Crippen LogP contribution in [0.25, 0.3) is 0 Å². The fourth-order valence-corrected chi connectivity index (χ4v) is 2.03. The Morgan fingerprint density at radius 2 is 1.95 bits per heavy atom. The number of amides is 2. The summed E-state index contributed by atoms with van der Waals surface area (Å²) in [7, 11) is 0. The summed E-state index contributed by atoms with van der Waals surface area (Å²) in [5, 5.41) is 2.74. The van der Waals surface area contributed by atoms with E-state index < -0.39 is 6.04 Å². The molecule has 0 bridgehead atoms. The first-order valence-electron chi connectivity index (χ1n) is 6.90. The molecule has 1 aliphatic rings. The van der Waals surface area contributed by atoms with Crippen molar-refractivity contribution in [2.24, 2.45) is 5.73 Å². The summed E-state index contributed by atoms with van der Waals surface area (Å²) < 4.78 is 0. The Hall–Kier alpha value is -1.88. The van der Waals surface area contributed by atoms with Crippen molar-refractivity contribution in [1.29, 1.82) is 0 Å². The Morgan fingerprint density at radius 1 is 1.35 bits per heavy atom. The zero-order valence-corrected chi connectivity index (χ0v) is 11.9. The number of hydrogen-bond donors (Lipinski definition) is 2. The molecule has 0 spiro atoms. The van der Waals surface area contributed by atoms with Gasteiger partial charge in [-0.3, -0.25) is 9.59 Å². The normalized spacial score (nSPS) is 15.6. The Morgan fingerprint density at radius 3 is 2.40 bits per heavy atom. The van der Waals surface area contributed by atoms with Crippen LogP contribution in [0.2, 0.25) is 0 Å². The lowest BCUT2D eigenvalue weighted by molar-refractivity contribution is -0.130. The molecular weight excluding hydrogens is 254 g/mol. The van der Waals surface area contributed by atoms with Gasteiger partial charge in [0.1, 0.15) is 0 Å². The minimum atomic E-state index is -0.530. The molecule has 1 atom stereocenters. The number of anilines is 1. The van der Waals surface area contributed by atoms with E-state index >= 15 is 0 Å². The number of carbonyl (C=O) groups is 2. The van der Waals surface area contributed by atoms with Gasteiger partial charge < -0.3 is 16.0 Å². The second-order valence-electron chi connectivity index (χ2n) is 5.35. The maximum absolute atomic E-state index is 11.6. The zero-order valence-electron chi connectivity index (χ0n) is 11.9. The van der Waals surface area contributed by atoms with Crippen LogP contribution in [0.5, 0.6) is 0 Å². The van der Waals surface area contributed by atoms with E-state index in [-0.39, 0.29) is 11.8 Å². The maximum atomic E-state index is 11.6. The Labute approximate surface area is 119 Å². The predicted octanol–water partition coefficient (Wildman–Crippen LogP) is 1.48. The van der Waals surface area contributed by atoms with Gasteiger partial charge in [-0.1, -0.05) is 12.1 Å². The first-order chi connectivity index (χ1) is 9.47. The third-order valence-corrected chi connectivity index (χ3v) is 3.38. The van der Waals surface area contributed by atoms with Gasteiger partial charge >= 0.3 is 0 Å². The molecule has 0 heterocycles. The third kappa shape index (κ3) is 3.81. The number of nitrogens with zero attached hydrogens (tertiary/aromatic N) is 1. The highest BCUT2D eigenvalue weighted by atomic mass is 16.2. The number of hydrogen-bond acceptors (Lipinski definition) is 3. The molecule has 5 nitrogen and oxygen atoms in total. The Kier molecular flexibility index (Phi) is 4.39. The van der Waals surface area contributed by atoms with E-state index in [1.54, 1.807) is 13.8 Å². The zero-order chi connectivity index (χ0) is 14.7. The first kappa shape index (κ1) is 14.5. The van der Waals surface area contributed by atoms with Crippen molar-refractivity contribution >= 4 is 17.5 Å². The largest absolute Gasteiger partial charge is 0.336 e. The monoisotopic (exact) mass is 275 g/mol. The average Bonchev–Trinajstić information content (AvgIpc) is 3.21. The smallest absolute Gasteiger partial charge is 0.240 e. The molecule has 5 heteroatoms. The van der Waals surface area contributed by atoms with Crippen LogP contribution in [0.4, 0.5) is 5.69 Å². The molecule has 108 valence electrons. The van der Waals surface area contributed by atoms with E-state index in [4.69, 9.17) is 5.73 Å². The molecule has 1 aromatic rings. The molecule has 3 N–H and O–H groups in total. The molecule has 0 aliphatic heterocycles. The summed E-state index contributed by atoms with van der Waals surface area (Å²) >= 11 is 0. The number of carbonyl (C=O) groups excluding carboxylic acids is 2. The van der Waals surface area contributed by atoms with Crippen molar-refractivity contribution in [3.05, 3.63) is 29.8 Å². The summed E-state index contributed by atoms with van der Waals surface area (Å²) in [4.78, 5) is 24.9. The number of nitrogens with one attached hydrogen (secondary N) is 1. The summed E-state index contributed by atoms with van der Waals surface area (Å²) in [6.07, 6.45) is 2.20. The summed E-state index contributed by atoms with van der Waals surface area (Å²) in [5.41, 5.74) is 7.28. The van der Waals surface area contributed by atoms with Crippen molar-refractivity contribution in [2.75, 3.05) is 5.32 Å². The summed E-state index contributed by atoms with van der Waals surface area (Å²) in [5.74, 6) is -0.0945. The molecule has 20 heavy (non-hydrogen) atoms. The lowest BCUT2D eigenvalue weighted by atomic mass is 10.2. The molecule has 1 aromatic carbocycles. The predicted molar refractivity (Wildman–Crippen MR) is 78.0 cm³/mol. The van der Waals surface area contributed by atoms with Gasteiger partial charge in [0.05, 0.1) is 6.04 Å². The highest BCUT2D eigenvalue weighted by Gasteiger charge is 2.30. The van der Waals surface area contributed by atoms with E-state index in [1.165, 1.54) is 0 Å². The maximum Gasteiger partial charge on any atom is 0.240 e. The van der Waals surface area contributed by atoms with E-state index in [0.29, 0.717) is 12.6 Å². The van der Waals surface area contributed by atoms with Gasteiger partial charge in [0.2, 0.25) is 11.8 Å². The van der Waals surface area contributed by atoms with Gasteiger partial charge in [0.25, 0.3) is 0 Å². The molecule has 0 aromatic heterocycles. The standard InChI is InChI=1S/C15H21N3O2/c1-10(16)15(20)17-13-5-3-12(4-6-13)9-18(11(2)19)14-7-8-14/h3-6,10,14H,7-9,16H2,1-2H3,(H,17,20)/t10-/m0/s1. The molecule has 2 amide bonds. The molecule has 0 radical (unpaired) electrons. The van der Waals surface area contributed by atoms with Crippen LogP contribution in [-0.2, 0) is 16.1 Å². The van der Waals surface area contributed by atoms with Crippen molar-refractivity contribution in [3.8, 4) is 0 Å². The van der Waals surface area contributed by atoms with Crippen LogP contribution in [0, 0.1) is 0 Å². The average molecular weight is 275 g/mol. The Balaban J connectivity index is 1.97. The topological polar surface area (TPSA) is 75.4 Å². The SMILES string of the molecule is CC(=O)N(Cc1ccc(NC(=O)[C@H](C)N)cc1)C1CC1. The molecular formula is C15H21N3O2. The number of rotatable bonds is 5. The van der Waals surface area contributed by atoms with Crippen molar-refractivity contribution < 1.29 is 9.59 Å². The molecule has 1 aliphatic carbocycles. The van der Waals surface area contributed by atoms with Crippen molar-refractivity contribution in [3.63, 3.8) is 0 Å². The van der Waals surface area contributed by atoms with E-state index in [1.807, 2.05) is 29.2 Å². The fraction of sp³-hybridized carbons (Fsp3) is 0.467. The third-order valence-electron chi connectivity index (χ3n) is 3.38. The van der Waals surface area contributed by atoms with Gasteiger partial charge in [-0.25, -0.2) is 0 Å². The van der Waals surface area contributed by atoms with Gasteiger partial charge in [-0.2, -0.15) is 0 Å². The minimum Gasteiger partial charge on any atom is -0.336 e. The van der Waals surface area contributed by atoms with Crippen LogP contribution < -0.4 is 11.1 Å². The highest BCUT2D eigenvalue weighted by Crippen LogP contribution is 2.28. The van der Waals surface area contributed by atoms with Crippen molar-refractivity contribution in [1.82, 2.24) is 4.90 Å². The lowest BCUT2D eigenvalue weighted by Crippen LogP contribution is -2.32. The van der Waals surface area contributed by atoms with Crippen LogP contribution in [0.15, 0.2) is 24.3 Å². The highest BCUT2D eigenvalue weighted by molar-refractivity contribution is 5.94. The van der Waals surface area contributed by atoms with Crippen LogP contribution in [-0.4, -0.2) is 28.8 Å². The fourth-order valence-electron chi connectivity index (χ4n) is 2.03. The Bertz CT molecular complexity index is 492. The summed E-state index contributed by atoms with van der Waals surface area (Å²) in [6.45, 7) is 3.88. The van der Waals surface area contributed by atoms with Crippen molar-refractivity contribution in [2.45, 2.75) is 45.3 Å². The second-order valence-corrected chi connectivity index (χ2v) is 5.35. The van der Waals surface area contributed by atoms with E-state index in [0.717, 1.165) is 24.1 Å². The summed E-state index contributed by atoms with van der Waals surface area (Å²) in [6, 6.07) is 7.40. The van der Waals surface area contributed by atoms with Crippen LogP contribution >= 0.6 is 0 Å². The minimum absolute atomic E-state index is 0.113. The number of benzene rings is 1. The van der Waals surface area contributed by atoms with Crippen LogP contribution in [0.1, 0.15) is 32.3 Å². The van der Waals surface area contributed by atoms with Crippen LogP contribution in [0.3, 0.4) is 0 Å². The molecule has 0 saturated heterocycles. The molecule has 2 rings (SSSR count). The van der Waals surface area contributed by atoms with E-state index in [9.17, 15) is 9.59 Å². The second kappa shape index (κ2) is 6.05. The molecule has 1 fully saturated rings. The van der Waals surface area contributed by atoms with Gasteiger partial charge in [-0.05, 0) is 37.5 Å². The van der Waals surface area contributed by atoms with Gasteiger partial charge in [0.15, 0.2) is 0 Å². The quantitative estimate of drug-likeness (QED) is 0.854. The van der Waals surface area contributed by atoms with Gasteiger partial charge in [0, 0.05) is 25.2 Å². The van der Waals surface area contributed by atoms with Gasteiger partial charge in [-0.15, -0.1) is 0 Å². The molecule has 0 unspecified atom stereocenters.